The molecular formula is C17H18N6O. The molecule has 24 heavy (non-hydrogen) atoms. The van der Waals surface area contributed by atoms with Crippen LogP contribution in [0, 0.1) is 5.92 Å². The number of carbonyl (C=O) groups is 1. The smallest absolute Gasteiger partial charge is 0.227 e. The number of benzene rings is 1. The molecule has 0 atom stereocenters. The highest BCUT2D eigenvalue weighted by Crippen LogP contribution is 2.26. The van der Waals surface area contributed by atoms with Crippen LogP contribution < -0.4 is 10.2 Å². The lowest BCUT2D eigenvalue weighted by molar-refractivity contribution is -0.120. The van der Waals surface area contributed by atoms with E-state index in [4.69, 9.17) is 0 Å². The highest BCUT2D eigenvalue weighted by atomic mass is 16.1. The summed E-state index contributed by atoms with van der Waals surface area (Å²) in [5.41, 5.74) is 2.37. The van der Waals surface area contributed by atoms with Crippen molar-refractivity contribution in [2.75, 3.05) is 23.3 Å². The third kappa shape index (κ3) is 2.80. The fourth-order valence-electron chi connectivity index (χ4n) is 3.11. The Morgan fingerprint density at radius 2 is 1.92 bits per heavy atom. The summed E-state index contributed by atoms with van der Waals surface area (Å²) >= 11 is 0. The highest BCUT2D eigenvalue weighted by Gasteiger charge is 2.26. The topological polar surface area (TPSA) is 86.8 Å². The van der Waals surface area contributed by atoms with Crippen molar-refractivity contribution in [2.24, 2.45) is 5.92 Å². The van der Waals surface area contributed by atoms with Gasteiger partial charge in [-0.2, -0.15) is 0 Å². The van der Waals surface area contributed by atoms with Crippen LogP contribution in [0.1, 0.15) is 12.8 Å². The van der Waals surface area contributed by atoms with Gasteiger partial charge in [0.05, 0.1) is 6.33 Å². The Labute approximate surface area is 139 Å². The molecule has 1 amide bonds. The maximum atomic E-state index is 12.4. The number of hydrogen-bond donors (Lipinski definition) is 2. The number of imidazole rings is 1. The first-order chi connectivity index (χ1) is 11.8. The van der Waals surface area contributed by atoms with Crippen LogP contribution >= 0.6 is 0 Å². The molecular weight excluding hydrogens is 304 g/mol. The van der Waals surface area contributed by atoms with Crippen LogP contribution in [0.2, 0.25) is 0 Å². The summed E-state index contributed by atoms with van der Waals surface area (Å²) in [6.07, 6.45) is 4.77. The molecule has 7 nitrogen and oxygen atoms in total. The predicted octanol–water partition coefficient (Wildman–Crippen LogP) is 2.21. The molecule has 7 heteroatoms. The molecule has 0 unspecified atom stereocenters. The molecule has 0 saturated carbocycles. The Hall–Kier alpha value is -2.96. The van der Waals surface area contributed by atoms with Crippen LogP contribution in [0.15, 0.2) is 43.0 Å². The van der Waals surface area contributed by atoms with Crippen LogP contribution in [0.4, 0.5) is 11.5 Å². The van der Waals surface area contributed by atoms with Crippen molar-refractivity contribution in [3.8, 4) is 0 Å². The monoisotopic (exact) mass is 322 g/mol. The summed E-state index contributed by atoms with van der Waals surface area (Å²) in [6, 6.07) is 9.59. The molecule has 4 rings (SSSR count). The van der Waals surface area contributed by atoms with Gasteiger partial charge in [-0.3, -0.25) is 4.79 Å². The zero-order valence-corrected chi connectivity index (χ0v) is 13.1. The van der Waals surface area contributed by atoms with Gasteiger partial charge in [0, 0.05) is 24.7 Å². The Kier molecular flexibility index (Phi) is 3.82. The fourth-order valence-corrected chi connectivity index (χ4v) is 3.11. The molecule has 0 spiro atoms. The molecule has 0 aliphatic carbocycles. The zero-order valence-electron chi connectivity index (χ0n) is 13.1. The second kappa shape index (κ2) is 6.27. The van der Waals surface area contributed by atoms with Crippen LogP contribution in [-0.4, -0.2) is 38.9 Å². The van der Waals surface area contributed by atoms with E-state index < -0.39 is 0 Å². The van der Waals surface area contributed by atoms with Crippen LogP contribution in [0.25, 0.3) is 11.2 Å². The number of amides is 1. The van der Waals surface area contributed by atoms with E-state index in [1.54, 1.807) is 6.33 Å². The lowest BCUT2D eigenvalue weighted by Crippen LogP contribution is -2.38. The van der Waals surface area contributed by atoms with E-state index in [1.165, 1.54) is 6.33 Å². The minimum atomic E-state index is 0.0283. The lowest BCUT2D eigenvalue weighted by atomic mass is 9.95. The quantitative estimate of drug-likeness (QED) is 0.772. The van der Waals surface area contributed by atoms with Crippen molar-refractivity contribution in [1.82, 2.24) is 19.9 Å². The Bertz CT molecular complexity index is 838. The number of rotatable bonds is 3. The lowest BCUT2D eigenvalue weighted by Gasteiger charge is -2.32. The van der Waals surface area contributed by atoms with Gasteiger partial charge in [-0.15, -0.1) is 0 Å². The van der Waals surface area contributed by atoms with Gasteiger partial charge in [-0.25, -0.2) is 15.0 Å². The third-order valence-electron chi connectivity index (χ3n) is 4.41. The van der Waals surface area contributed by atoms with Gasteiger partial charge in [0.25, 0.3) is 0 Å². The molecule has 1 aliphatic rings. The van der Waals surface area contributed by atoms with Gasteiger partial charge in [0.2, 0.25) is 5.91 Å². The number of nitrogens with zero attached hydrogens (tertiary/aromatic N) is 4. The summed E-state index contributed by atoms with van der Waals surface area (Å²) in [6.45, 7) is 1.58. The van der Waals surface area contributed by atoms with Crippen LogP contribution in [0.5, 0.6) is 0 Å². The first-order valence-corrected chi connectivity index (χ1v) is 8.06. The summed E-state index contributed by atoms with van der Waals surface area (Å²) in [5.74, 6) is 0.982. The zero-order chi connectivity index (χ0) is 16.4. The van der Waals surface area contributed by atoms with E-state index in [2.05, 4.69) is 30.2 Å². The number of piperidine rings is 1. The highest BCUT2D eigenvalue weighted by molar-refractivity contribution is 5.92. The molecule has 1 aliphatic heterocycles. The number of fused-ring (bicyclic) bond motifs is 1. The van der Waals surface area contributed by atoms with Crippen molar-refractivity contribution in [3.05, 3.63) is 43.0 Å². The number of H-pyrrole nitrogens is 1. The van der Waals surface area contributed by atoms with E-state index in [1.807, 2.05) is 30.3 Å². The molecule has 3 heterocycles. The molecule has 0 radical (unpaired) electrons. The van der Waals surface area contributed by atoms with Gasteiger partial charge in [-0.05, 0) is 25.0 Å². The second-order valence-electron chi connectivity index (χ2n) is 5.92. The summed E-state index contributed by atoms with van der Waals surface area (Å²) in [7, 11) is 0. The molecule has 1 saturated heterocycles. The SMILES string of the molecule is O=C(Nc1ccccc1)C1CCN(c2ncnc3nc[nH]c23)CC1. The summed E-state index contributed by atoms with van der Waals surface area (Å²) in [5, 5.41) is 2.99. The van der Waals surface area contributed by atoms with Gasteiger partial charge >= 0.3 is 0 Å². The number of aromatic amines is 1. The van der Waals surface area contributed by atoms with E-state index in [0.717, 1.165) is 43.0 Å². The maximum absolute atomic E-state index is 12.4. The van der Waals surface area contributed by atoms with Crippen molar-refractivity contribution in [1.29, 1.82) is 0 Å². The van der Waals surface area contributed by atoms with Gasteiger partial charge in [0.1, 0.15) is 11.8 Å². The number of para-hydroxylation sites is 1. The Morgan fingerprint density at radius 3 is 2.71 bits per heavy atom. The van der Waals surface area contributed by atoms with E-state index in [0.29, 0.717) is 5.65 Å². The van der Waals surface area contributed by atoms with E-state index in [-0.39, 0.29) is 11.8 Å². The Balaban J connectivity index is 1.41. The normalized spacial score (nSPS) is 15.6. The van der Waals surface area contributed by atoms with Gasteiger partial charge in [-0.1, -0.05) is 18.2 Å². The third-order valence-corrected chi connectivity index (χ3v) is 4.41. The van der Waals surface area contributed by atoms with Gasteiger partial charge < -0.3 is 15.2 Å². The molecule has 1 aromatic carbocycles. The standard InChI is InChI=1S/C17H18N6O/c24-17(22-13-4-2-1-3-5-13)12-6-8-23(9-7-12)16-14-15(19-10-18-14)20-11-21-16/h1-5,10-12H,6-9H2,(H,22,24)(H,18,19,20,21). The summed E-state index contributed by atoms with van der Waals surface area (Å²) in [4.78, 5) is 30.4. The average molecular weight is 322 g/mol. The predicted molar refractivity (Wildman–Crippen MR) is 91.7 cm³/mol. The molecule has 3 aromatic rings. The average Bonchev–Trinajstić information content (AvgIpc) is 3.11. The molecule has 1 fully saturated rings. The number of nitrogens with one attached hydrogen (secondary N) is 2. The second-order valence-corrected chi connectivity index (χ2v) is 5.92. The number of hydrogen-bond acceptors (Lipinski definition) is 5. The molecule has 2 N–H and O–H groups in total. The van der Waals surface area contributed by atoms with Crippen LogP contribution in [0.3, 0.4) is 0 Å². The molecule has 0 bridgehead atoms. The minimum absolute atomic E-state index is 0.0283. The molecule has 122 valence electrons. The number of carbonyl (C=O) groups excluding carboxylic acids is 1. The number of aromatic nitrogens is 4. The van der Waals surface area contributed by atoms with E-state index >= 15 is 0 Å². The largest absolute Gasteiger partial charge is 0.355 e. The first-order valence-electron chi connectivity index (χ1n) is 8.06. The van der Waals surface area contributed by atoms with Crippen molar-refractivity contribution < 1.29 is 4.79 Å². The minimum Gasteiger partial charge on any atom is -0.355 e. The van der Waals surface area contributed by atoms with Gasteiger partial charge in [0.15, 0.2) is 11.5 Å². The number of anilines is 2. The maximum Gasteiger partial charge on any atom is 0.227 e. The first kappa shape index (κ1) is 14.6. The van der Waals surface area contributed by atoms with Crippen molar-refractivity contribution >= 4 is 28.6 Å². The molecule has 2 aromatic heterocycles. The van der Waals surface area contributed by atoms with E-state index in [9.17, 15) is 4.79 Å². The van der Waals surface area contributed by atoms with Crippen molar-refractivity contribution in [3.63, 3.8) is 0 Å². The summed E-state index contributed by atoms with van der Waals surface area (Å²) < 4.78 is 0. The fraction of sp³-hybridized carbons (Fsp3) is 0.294. The van der Waals surface area contributed by atoms with Crippen molar-refractivity contribution in [2.45, 2.75) is 12.8 Å². The van der Waals surface area contributed by atoms with Crippen LogP contribution in [-0.2, 0) is 4.79 Å². The Morgan fingerprint density at radius 1 is 1.12 bits per heavy atom.